The van der Waals surface area contributed by atoms with Crippen LogP contribution in [0.3, 0.4) is 0 Å². The zero-order valence-electron chi connectivity index (χ0n) is 15.5. The van der Waals surface area contributed by atoms with Crippen molar-refractivity contribution in [3.8, 4) is 0 Å². The normalized spacial score (nSPS) is 26.7. The molecule has 1 saturated heterocycles. The number of nitrogens with zero attached hydrogens (tertiary/aromatic N) is 1. The van der Waals surface area contributed by atoms with Crippen LogP contribution in [0.25, 0.3) is 0 Å². The lowest BCUT2D eigenvalue weighted by molar-refractivity contribution is 0.101. The number of anilines is 1. The van der Waals surface area contributed by atoms with E-state index in [4.69, 9.17) is 0 Å². The van der Waals surface area contributed by atoms with E-state index in [2.05, 4.69) is 24.1 Å². The van der Waals surface area contributed by atoms with Gasteiger partial charge in [0.05, 0.1) is 0 Å². The van der Waals surface area contributed by atoms with E-state index in [1.54, 1.807) is 12.1 Å². The van der Waals surface area contributed by atoms with Crippen LogP contribution in [-0.4, -0.2) is 30.1 Å². The first kappa shape index (κ1) is 17.7. The van der Waals surface area contributed by atoms with Gasteiger partial charge in [-0.05, 0) is 81.0 Å². The molecule has 2 aliphatic rings. The van der Waals surface area contributed by atoms with Gasteiger partial charge in [-0.25, -0.2) is 4.39 Å². The minimum atomic E-state index is -0.148. The van der Waals surface area contributed by atoms with E-state index < -0.39 is 0 Å². The standard InChI is InChI=1S/C21H33FN2/c1-15(2)17-4-7-20(8-5-17)24-12-10-19(11-13-24)23-21-9-6-18(22)14-16(21)3/h6,9,14-15,17,19-20,23H,4-5,7-8,10-13H2,1-3H3/t17-,20+. The molecule has 0 radical (unpaired) electrons. The number of benzene rings is 1. The first-order valence-corrected chi connectivity index (χ1v) is 9.79. The third-order valence-electron chi connectivity index (χ3n) is 6.28. The summed E-state index contributed by atoms with van der Waals surface area (Å²) in [6.45, 7) is 9.14. The molecule has 0 spiro atoms. The summed E-state index contributed by atoms with van der Waals surface area (Å²) in [4.78, 5) is 2.73. The van der Waals surface area contributed by atoms with Gasteiger partial charge in [0.1, 0.15) is 5.82 Å². The Hall–Kier alpha value is -1.09. The van der Waals surface area contributed by atoms with Crippen LogP contribution < -0.4 is 5.32 Å². The zero-order valence-corrected chi connectivity index (χ0v) is 15.5. The molecule has 1 aliphatic carbocycles. The first-order chi connectivity index (χ1) is 11.5. The van der Waals surface area contributed by atoms with Crippen molar-refractivity contribution < 1.29 is 4.39 Å². The molecule has 0 aromatic heterocycles. The molecule has 1 N–H and O–H groups in total. The molecule has 0 atom stereocenters. The highest BCUT2D eigenvalue weighted by molar-refractivity contribution is 5.51. The Morgan fingerprint density at radius 1 is 1.04 bits per heavy atom. The molecule has 0 amide bonds. The Morgan fingerprint density at radius 2 is 1.71 bits per heavy atom. The summed E-state index contributed by atoms with van der Waals surface area (Å²) in [5.74, 6) is 1.65. The lowest BCUT2D eigenvalue weighted by Gasteiger charge is -2.41. The summed E-state index contributed by atoms with van der Waals surface area (Å²) in [6.07, 6.45) is 7.99. The number of nitrogens with one attached hydrogen (secondary N) is 1. The Morgan fingerprint density at radius 3 is 2.29 bits per heavy atom. The van der Waals surface area contributed by atoms with Gasteiger partial charge in [-0.2, -0.15) is 0 Å². The molecule has 1 aromatic rings. The lowest BCUT2D eigenvalue weighted by atomic mass is 9.79. The van der Waals surface area contributed by atoms with Crippen molar-refractivity contribution in [3.05, 3.63) is 29.6 Å². The average Bonchev–Trinajstić information content (AvgIpc) is 2.58. The molecule has 1 heterocycles. The van der Waals surface area contributed by atoms with E-state index in [0.29, 0.717) is 6.04 Å². The van der Waals surface area contributed by atoms with Crippen LogP contribution in [0.2, 0.25) is 0 Å². The van der Waals surface area contributed by atoms with Crippen molar-refractivity contribution in [1.82, 2.24) is 4.90 Å². The van der Waals surface area contributed by atoms with Gasteiger partial charge in [-0.1, -0.05) is 13.8 Å². The fourth-order valence-corrected chi connectivity index (χ4v) is 4.55. The number of hydrogen-bond donors (Lipinski definition) is 1. The van der Waals surface area contributed by atoms with Gasteiger partial charge in [-0.15, -0.1) is 0 Å². The van der Waals surface area contributed by atoms with Crippen LogP contribution in [0.5, 0.6) is 0 Å². The minimum absolute atomic E-state index is 0.148. The number of rotatable bonds is 4. The van der Waals surface area contributed by atoms with Gasteiger partial charge < -0.3 is 10.2 Å². The van der Waals surface area contributed by atoms with Gasteiger partial charge in [-0.3, -0.25) is 0 Å². The predicted molar refractivity (Wildman–Crippen MR) is 99.9 cm³/mol. The van der Waals surface area contributed by atoms with Crippen molar-refractivity contribution in [2.24, 2.45) is 11.8 Å². The maximum absolute atomic E-state index is 13.2. The van der Waals surface area contributed by atoms with Crippen molar-refractivity contribution in [2.45, 2.75) is 71.4 Å². The molecular weight excluding hydrogens is 299 g/mol. The quantitative estimate of drug-likeness (QED) is 0.812. The molecule has 1 aliphatic heterocycles. The molecule has 2 nitrogen and oxygen atoms in total. The maximum Gasteiger partial charge on any atom is 0.123 e. The van der Waals surface area contributed by atoms with Crippen LogP contribution in [0.4, 0.5) is 10.1 Å². The average molecular weight is 333 g/mol. The highest BCUT2D eigenvalue weighted by Crippen LogP contribution is 2.33. The van der Waals surface area contributed by atoms with E-state index in [0.717, 1.165) is 29.1 Å². The van der Waals surface area contributed by atoms with Crippen LogP contribution in [-0.2, 0) is 0 Å². The fraction of sp³-hybridized carbons (Fsp3) is 0.714. The van der Waals surface area contributed by atoms with Crippen LogP contribution >= 0.6 is 0 Å². The van der Waals surface area contributed by atoms with Crippen LogP contribution in [0, 0.1) is 24.6 Å². The summed E-state index contributed by atoms with van der Waals surface area (Å²) in [6, 6.07) is 6.39. The van der Waals surface area contributed by atoms with Gasteiger partial charge >= 0.3 is 0 Å². The number of piperidine rings is 1. The third kappa shape index (κ3) is 4.30. The van der Waals surface area contributed by atoms with Crippen molar-refractivity contribution >= 4 is 5.69 Å². The summed E-state index contributed by atoms with van der Waals surface area (Å²) >= 11 is 0. The Balaban J connectivity index is 1.46. The Kier molecular flexibility index (Phi) is 5.80. The molecule has 1 saturated carbocycles. The van der Waals surface area contributed by atoms with Gasteiger partial charge in [0.2, 0.25) is 0 Å². The van der Waals surface area contributed by atoms with Gasteiger partial charge in [0, 0.05) is 30.9 Å². The van der Waals surface area contributed by atoms with E-state index in [9.17, 15) is 4.39 Å². The van der Waals surface area contributed by atoms with E-state index in [1.807, 2.05) is 13.0 Å². The largest absolute Gasteiger partial charge is 0.382 e. The highest BCUT2D eigenvalue weighted by Gasteiger charge is 2.29. The molecule has 2 fully saturated rings. The number of likely N-dealkylation sites (tertiary alicyclic amines) is 1. The number of hydrogen-bond acceptors (Lipinski definition) is 2. The molecule has 0 bridgehead atoms. The molecule has 24 heavy (non-hydrogen) atoms. The summed E-state index contributed by atoms with van der Waals surface area (Å²) in [7, 11) is 0. The smallest absolute Gasteiger partial charge is 0.123 e. The number of aryl methyl sites for hydroxylation is 1. The van der Waals surface area contributed by atoms with Crippen LogP contribution in [0.1, 0.15) is 57.9 Å². The Bertz CT molecular complexity index is 527. The maximum atomic E-state index is 13.2. The van der Waals surface area contributed by atoms with E-state index >= 15 is 0 Å². The SMILES string of the molecule is Cc1cc(F)ccc1NC1CCN([C@H]2CC[C@@H](C(C)C)CC2)CC1. The lowest BCUT2D eigenvalue weighted by Crippen LogP contribution is -2.46. The zero-order chi connectivity index (χ0) is 17.1. The minimum Gasteiger partial charge on any atom is -0.382 e. The second kappa shape index (κ2) is 7.86. The van der Waals surface area contributed by atoms with Gasteiger partial charge in [0.25, 0.3) is 0 Å². The monoisotopic (exact) mass is 332 g/mol. The third-order valence-corrected chi connectivity index (χ3v) is 6.28. The topological polar surface area (TPSA) is 15.3 Å². The molecular formula is C21H33FN2. The predicted octanol–water partition coefficient (Wildman–Crippen LogP) is 5.23. The first-order valence-electron chi connectivity index (χ1n) is 9.79. The van der Waals surface area contributed by atoms with E-state index in [1.165, 1.54) is 51.6 Å². The molecule has 1 aromatic carbocycles. The molecule has 3 rings (SSSR count). The van der Waals surface area contributed by atoms with Crippen molar-refractivity contribution in [3.63, 3.8) is 0 Å². The van der Waals surface area contributed by atoms with Crippen molar-refractivity contribution in [2.75, 3.05) is 18.4 Å². The van der Waals surface area contributed by atoms with Crippen molar-refractivity contribution in [1.29, 1.82) is 0 Å². The Labute approximate surface area is 146 Å². The summed E-state index contributed by atoms with van der Waals surface area (Å²) in [5, 5.41) is 3.63. The molecule has 134 valence electrons. The fourth-order valence-electron chi connectivity index (χ4n) is 4.55. The highest BCUT2D eigenvalue weighted by atomic mass is 19.1. The van der Waals surface area contributed by atoms with E-state index in [-0.39, 0.29) is 5.82 Å². The summed E-state index contributed by atoms with van der Waals surface area (Å²) < 4.78 is 13.2. The summed E-state index contributed by atoms with van der Waals surface area (Å²) in [5.41, 5.74) is 2.09. The second-order valence-corrected chi connectivity index (χ2v) is 8.23. The number of halogens is 1. The van der Waals surface area contributed by atoms with Gasteiger partial charge in [0.15, 0.2) is 0 Å². The second-order valence-electron chi connectivity index (χ2n) is 8.23. The molecule has 3 heteroatoms. The molecule has 0 unspecified atom stereocenters. The van der Waals surface area contributed by atoms with Crippen LogP contribution in [0.15, 0.2) is 18.2 Å².